The summed E-state index contributed by atoms with van der Waals surface area (Å²) in [5.41, 5.74) is 3.89. The molecule has 0 spiro atoms. The molecule has 2 aromatic rings. The average molecular weight is 385 g/mol. The standard InChI is InChI=1S/C21H24N2O3S/c1-14(2)17-6-4-5-7-18(17)23-20(25)13-27-21(23)15-8-10-16(11-9-15)22-19(24)12-26-3/h4-11,14,21H,12-13H2,1-3H3,(H,22,24). The number of carbonyl (C=O) groups is 2. The highest BCUT2D eigenvalue weighted by molar-refractivity contribution is 8.00. The van der Waals surface area contributed by atoms with Gasteiger partial charge in [-0.3, -0.25) is 14.5 Å². The van der Waals surface area contributed by atoms with Gasteiger partial charge in [0.25, 0.3) is 0 Å². The van der Waals surface area contributed by atoms with Crippen LogP contribution in [0, 0.1) is 0 Å². The summed E-state index contributed by atoms with van der Waals surface area (Å²) in [5.74, 6) is 0.723. The smallest absolute Gasteiger partial charge is 0.250 e. The molecule has 1 saturated heterocycles. The first-order valence-electron chi connectivity index (χ1n) is 8.92. The maximum Gasteiger partial charge on any atom is 0.250 e. The van der Waals surface area contributed by atoms with Gasteiger partial charge >= 0.3 is 0 Å². The van der Waals surface area contributed by atoms with Gasteiger partial charge in [-0.25, -0.2) is 0 Å². The van der Waals surface area contributed by atoms with E-state index in [9.17, 15) is 9.59 Å². The fraction of sp³-hybridized carbons (Fsp3) is 0.333. The van der Waals surface area contributed by atoms with Crippen molar-refractivity contribution >= 4 is 35.0 Å². The van der Waals surface area contributed by atoms with Crippen LogP contribution in [0.1, 0.15) is 36.3 Å². The summed E-state index contributed by atoms with van der Waals surface area (Å²) in [6, 6.07) is 15.7. The van der Waals surface area contributed by atoms with Crippen LogP contribution in [0.15, 0.2) is 48.5 Å². The molecule has 1 unspecified atom stereocenters. The molecule has 2 aromatic carbocycles. The Kier molecular flexibility index (Phi) is 6.19. The number of anilines is 2. The zero-order valence-corrected chi connectivity index (χ0v) is 16.6. The molecule has 27 heavy (non-hydrogen) atoms. The van der Waals surface area contributed by atoms with E-state index in [1.54, 1.807) is 11.8 Å². The van der Waals surface area contributed by atoms with Crippen molar-refractivity contribution in [3.8, 4) is 0 Å². The van der Waals surface area contributed by atoms with Gasteiger partial charge in [0.15, 0.2) is 0 Å². The Morgan fingerprint density at radius 2 is 1.93 bits per heavy atom. The van der Waals surface area contributed by atoms with Crippen LogP contribution >= 0.6 is 11.8 Å². The molecule has 1 atom stereocenters. The van der Waals surface area contributed by atoms with Crippen LogP contribution in [0.25, 0.3) is 0 Å². The van der Waals surface area contributed by atoms with Gasteiger partial charge in [-0.05, 0) is 35.2 Å². The van der Waals surface area contributed by atoms with Crippen LogP contribution < -0.4 is 10.2 Å². The average Bonchev–Trinajstić information content (AvgIpc) is 3.04. The fourth-order valence-electron chi connectivity index (χ4n) is 3.19. The zero-order chi connectivity index (χ0) is 19.4. The SMILES string of the molecule is COCC(=O)Nc1ccc(C2SCC(=O)N2c2ccccc2C(C)C)cc1. The third kappa shape index (κ3) is 4.34. The molecule has 2 amide bonds. The lowest BCUT2D eigenvalue weighted by molar-refractivity contribution is -0.119. The van der Waals surface area contributed by atoms with E-state index in [-0.39, 0.29) is 23.8 Å². The van der Waals surface area contributed by atoms with Gasteiger partial charge in [0.05, 0.1) is 5.75 Å². The topological polar surface area (TPSA) is 58.6 Å². The summed E-state index contributed by atoms with van der Waals surface area (Å²) in [5, 5.41) is 2.72. The highest BCUT2D eigenvalue weighted by Gasteiger charge is 2.35. The number of methoxy groups -OCH3 is 1. The third-order valence-electron chi connectivity index (χ3n) is 4.44. The predicted molar refractivity (Wildman–Crippen MR) is 110 cm³/mol. The van der Waals surface area contributed by atoms with E-state index < -0.39 is 0 Å². The Morgan fingerprint density at radius 1 is 1.22 bits per heavy atom. The van der Waals surface area contributed by atoms with Gasteiger partial charge in [0.2, 0.25) is 11.8 Å². The van der Waals surface area contributed by atoms with Gasteiger partial charge < -0.3 is 10.1 Å². The van der Waals surface area contributed by atoms with Gasteiger partial charge in [0.1, 0.15) is 12.0 Å². The van der Waals surface area contributed by atoms with E-state index in [1.165, 1.54) is 12.7 Å². The van der Waals surface area contributed by atoms with Crippen molar-refractivity contribution in [2.75, 3.05) is 29.7 Å². The molecule has 142 valence electrons. The number of nitrogens with one attached hydrogen (secondary N) is 1. The highest BCUT2D eigenvalue weighted by Crippen LogP contribution is 2.44. The van der Waals surface area contributed by atoms with Crippen LogP contribution in [0.2, 0.25) is 0 Å². The summed E-state index contributed by atoms with van der Waals surface area (Å²) in [7, 11) is 1.49. The number of nitrogens with zero attached hydrogens (tertiary/aromatic N) is 1. The molecular formula is C21H24N2O3S. The number of rotatable bonds is 6. The molecule has 5 nitrogen and oxygen atoms in total. The van der Waals surface area contributed by atoms with Gasteiger partial charge in [-0.2, -0.15) is 0 Å². The van der Waals surface area contributed by atoms with Crippen LogP contribution in [-0.4, -0.2) is 31.3 Å². The maximum atomic E-state index is 12.7. The molecule has 0 saturated carbocycles. The number of benzene rings is 2. The molecule has 0 bridgehead atoms. The second kappa shape index (κ2) is 8.59. The molecular weight excluding hydrogens is 360 g/mol. The Hall–Kier alpha value is -2.31. The molecule has 0 radical (unpaired) electrons. The van der Waals surface area contributed by atoms with Crippen LogP contribution in [0.4, 0.5) is 11.4 Å². The Labute approximate surface area is 164 Å². The number of ether oxygens (including phenoxy) is 1. The van der Waals surface area contributed by atoms with E-state index in [4.69, 9.17) is 4.74 Å². The van der Waals surface area contributed by atoms with E-state index >= 15 is 0 Å². The Morgan fingerprint density at radius 3 is 2.59 bits per heavy atom. The van der Waals surface area contributed by atoms with Gasteiger partial charge in [-0.1, -0.05) is 44.2 Å². The minimum absolute atomic E-state index is 0.0223. The van der Waals surface area contributed by atoms with Crippen molar-refractivity contribution in [1.29, 1.82) is 0 Å². The van der Waals surface area contributed by atoms with E-state index in [2.05, 4.69) is 25.2 Å². The molecule has 3 rings (SSSR count). The summed E-state index contributed by atoms with van der Waals surface area (Å²) in [4.78, 5) is 26.2. The zero-order valence-electron chi connectivity index (χ0n) is 15.8. The van der Waals surface area contributed by atoms with E-state index in [0.29, 0.717) is 17.4 Å². The van der Waals surface area contributed by atoms with E-state index in [0.717, 1.165) is 11.3 Å². The molecule has 0 aromatic heterocycles. The Bertz CT molecular complexity index is 820. The Balaban J connectivity index is 1.86. The number of hydrogen-bond donors (Lipinski definition) is 1. The minimum atomic E-state index is -0.192. The van der Waals surface area contributed by atoms with Crippen molar-refractivity contribution in [3.05, 3.63) is 59.7 Å². The molecule has 1 aliphatic heterocycles. The van der Waals surface area contributed by atoms with Crippen LogP contribution in [-0.2, 0) is 14.3 Å². The summed E-state index contributed by atoms with van der Waals surface area (Å²) < 4.78 is 4.83. The quantitative estimate of drug-likeness (QED) is 0.812. The fourth-order valence-corrected chi connectivity index (χ4v) is 4.35. The first-order valence-corrected chi connectivity index (χ1v) is 9.97. The number of para-hydroxylation sites is 1. The van der Waals surface area contributed by atoms with Crippen LogP contribution in [0.3, 0.4) is 0 Å². The van der Waals surface area contributed by atoms with Crippen molar-refractivity contribution in [2.24, 2.45) is 0 Å². The van der Waals surface area contributed by atoms with Crippen molar-refractivity contribution in [2.45, 2.75) is 25.1 Å². The molecule has 1 N–H and O–H groups in total. The summed E-state index contributed by atoms with van der Waals surface area (Å²) in [6.45, 7) is 4.30. The van der Waals surface area contributed by atoms with Crippen molar-refractivity contribution in [3.63, 3.8) is 0 Å². The van der Waals surface area contributed by atoms with Gasteiger partial charge in [-0.15, -0.1) is 11.8 Å². The molecule has 1 fully saturated rings. The lowest BCUT2D eigenvalue weighted by Crippen LogP contribution is -2.29. The maximum absolute atomic E-state index is 12.7. The second-order valence-electron chi connectivity index (χ2n) is 6.74. The molecule has 0 aliphatic carbocycles. The molecule has 1 heterocycles. The predicted octanol–water partition coefficient (Wildman–Crippen LogP) is 4.17. The largest absolute Gasteiger partial charge is 0.375 e. The van der Waals surface area contributed by atoms with Crippen molar-refractivity contribution < 1.29 is 14.3 Å². The number of thioether (sulfide) groups is 1. The monoisotopic (exact) mass is 384 g/mol. The highest BCUT2D eigenvalue weighted by atomic mass is 32.2. The van der Waals surface area contributed by atoms with E-state index in [1.807, 2.05) is 47.4 Å². The lowest BCUT2D eigenvalue weighted by atomic mass is 10.00. The first kappa shape index (κ1) is 19.5. The number of hydrogen-bond acceptors (Lipinski definition) is 4. The normalized spacial score (nSPS) is 16.8. The first-order chi connectivity index (χ1) is 13.0. The van der Waals surface area contributed by atoms with Crippen molar-refractivity contribution in [1.82, 2.24) is 0 Å². The number of carbonyl (C=O) groups excluding carboxylic acids is 2. The second-order valence-corrected chi connectivity index (χ2v) is 7.81. The van der Waals surface area contributed by atoms with Crippen LogP contribution in [0.5, 0.6) is 0 Å². The summed E-state index contributed by atoms with van der Waals surface area (Å²) in [6.07, 6.45) is 0. The van der Waals surface area contributed by atoms with Gasteiger partial charge in [0, 0.05) is 18.5 Å². The molecule has 1 aliphatic rings. The molecule has 6 heteroatoms. The number of amides is 2. The third-order valence-corrected chi connectivity index (χ3v) is 5.65. The summed E-state index contributed by atoms with van der Waals surface area (Å²) >= 11 is 1.62. The lowest BCUT2D eigenvalue weighted by Gasteiger charge is -2.27. The minimum Gasteiger partial charge on any atom is -0.375 e.